The Morgan fingerprint density at radius 1 is 1.19 bits per heavy atom. The third-order valence-corrected chi connectivity index (χ3v) is 5.08. The molecule has 3 rings (SSSR count). The molecule has 0 saturated carbocycles. The smallest absolute Gasteiger partial charge is 0.408 e. The predicted molar refractivity (Wildman–Crippen MR) is 112 cm³/mol. The lowest BCUT2D eigenvalue weighted by Gasteiger charge is -2.46. The van der Waals surface area contributed by atoms with E-state index < -0.39 is 12.1 Å². The van der Waals surface area contributed by atoms with Crippen LogP contribution in [0.25, 0.3) is 0 Å². The van der Waals surface area contributed by atoms with Crippen molar-refractivity contribution in [2.45, 2.75) is 31.7 Å². The summed E-state index contributed by atoms with van der Waals surface area (Å²) in [7, 11) is 3.10. The summed E-state index contributed by atoms with van der Waals surface area (Å²) in [6.07, 6.45) is 0.874. The molecule has 0 aliphatic carbocycles. The van der Waals surface area contributed by atoms with E-state index in [2.05, 4.69) is 10.5 Å². The number of nitrogens with zero attached hydrogens (tertiary/aromatic N) is 2. The minimum absolute atomic E-state index is 0.100. The van der Waals surface area contributed by atoms with E-state index in [0.717, 1.165) is 11.1 Å². The molecule has 9 heteroatoms. The lowest BCUT2D eigenvalue weighted by atomic mass is 9.91. The van der Waals surface area contributed by atoms with Crippen LogP contribution in [0.3, 0.4) is 0 Å². The molecule has 1 heterocycles. The molecule has 1 fully saturated rings. The molecule has 9 nitrogen and oxygen atoms in total. The number of ether oxygens (including phenoxy) is 3. The number of carbonyl (C=O) groups is 2. The van der Waals surface area contributed by atoms with Crippen LogP contribution in [0.2, 0.25) is 0 Å². The molecule has 1 saturated heterocycles. The van der Waals surface area contributed by atoms with Gasteiger partial charge < -0.3 is 29.6 Å². The molecule has 164 valence electrons. The van der Waals surface area contributed by atoms with Crippen LogP contribution in [0.5, 0.6) is 11.5 Å². The van der Waals surface area contributed by atoms with Gasteiger partial charge in [0.2, 0.25) is 5.91 Å². The molecule has 2 aromatic carbocycles. The lowest BCUT2D eigenvalue weighted by molar-refractivity contribution is -0.151. The Morgan fingerprint density at radius 2 is 1.97 bits per heavy atom. The Balaban J connectivity index is 1.65. The van der Waals surface area contributed by atoms with Gasteiger partial charge in [0.25, 0.3) is 0 Å². The molecule has 0 spiro atoms. The van der Waals surface area contributed by atoms with Gasteiger partial charge in [0.05, 0.1) is 20.3 Å². The summed E-state index contributed by atoms with van der Waals surface area (Å²) < 4.78 is 15.8. The maximum atomic E-state index is 12.8. The summed E-state index contributed by atoms with van der Waals surface area (Å²) in [4.78, 5) is 26.5. The number of nitrogens with one attached hydrogen (secondary N) is 1. The second-order valence-electron chi connectivity index (χ2n) is 6.93. The summed E-state index contributed by atoms with van der Waals surface area (Å²) in [5.74, 6) is 0.964. The molecule has 2 aromatic rings. The second-order valence-corrected chi connectivity index (χ2v) is 6.93. The Kier molecular flexibility index (Phi) is 7.31. The van der Waals surface area contributed by atoms with E-state index in [4.69, 9.17) is 19.4 Å². The number of alkyl carbamates (subject to hydrolysis) is 1. The van der Waals surface area contributed by atoms with Gasteiger partial charge in [-0.1, -0.05) is 30.3 Å². The Morgan fingerprint density at radius 3 is 2.65 bits per heavy atom. The van der Waals surface area contributed by atoms with E-state index >= 15 is 0 Å². The van der Waals surface area contributed by atoms with Crippen molar-refractivity contribution in [2.24, 2.45) is 5.16 Å². The van der Waals surface area contributed by atoms with E-state index in [1.807, 2.05) is 36.4 Å². The number of hydrogen-bond donors (Lipinski definition) is 2. The fourth-order valence-electron chi connectivity index (χ4n) is 3.43. The van der Waals surface area contributed by atoms with Crippen LogP contribution < -0.4 is 14.8 Å². The summed E-state index contributed by atoms with van der Waals surface area (Å²) in [5, 5.41) is 14.4. The van der Waals surface area contributed by atoms with E-state index in [1.165, 1.54) is 6.21 Å². The maximum absolute atomic E-state index is 12.8. The highest BCUT2D eigenvalue weighted by atomic mass is 16.5. The molecular formula is C22H25N3O6. The number of β-lactam (4-membered cyclic amide) rings is 1. The third kappa shape index (κ3) is 5.25. The highest BCUT2D eigenvalue weighted by molar-refractivity contribution is 5.93. The molecule has 0 aromatic heterocycles. The van der Waals surface area contributed by atoms with Crippen molar-refractivity contribution in [3.05, 3.63) is 59.7 Å². The van der Waals surface area contributed by atoms with Crippen molar-refractivity contribution < 1.29 is 29.0 Å². The minimum atomic E-state index is -0.773. The first-order valence-electron chi connectivity index (χ1n) is 9.72. The number of hydrogen-bond acceptors (Lipinski definition) is 7. The van der Waals surface area contributed by atoms with Gasteiger partial charge in [-0.25, -0.2) is 4.79 Å². The Hall–Kier alpha value is -3.75. The topological polar surface area (TPSA) is 110 Å². The van der Waals surface area contributed by atoms with Crippen molar-refractivity contribution in [3.8, 4) is 11.5 Å². The lowest BCUT2D eigenvalue weighted by Crippen LogP contribution is -2.70. The van der Waals surface area contributed by atoms with Crippen LogP contribution in [0.15, 0.2) is 53.7 Å². The average molecular weight is 427 g/mol. The molecule has 0 radical (unpaired) electrons. The van der Waals surface area contributed by atoms with Gasteiger partial charge >= 0.3 is 6.09 Å². The number of benzene rings is 2. The minimum Gasteiger partial charge on any atom is -0.497 e. The zero-order valence-corrected chi connectivity index (χ0v) is 17.4. The van der Waals surface area contributed by atoms with E-state index in [9.17, 15) is 9.59 Å². The van der Waals surface area contributed by atoms with Crippen LogP contribution in [-0.2, 0) is 22.7 Å². The molecule has 0 unspecified atom stereocenters. The zero-order valence-electron chi connectivity index (χ0n) is 17.4. The number of oxime groups is 1. The normalized spacial score (nSPS) is 17.9. The standard InChI is InChI=1S/C22H25N3O6/c1-29-17-9-8-16(19(12-17)30-2)13-25-18(10-11-23-28)20(21(25)26)24-22(27)31-14-15-6-4-3-5-7-15/h3-9,11-12,18,20,28H,10,13-14H2,1-2H3,(H,24,27)/b23-11-/t18-,20+/m1/s1. The second kappa shape index (κ2) is 10.3. The molecule has 2 amide bonds. The molecule has 2 N–H and O–H groups in total. The van der Waals surface area contributed by atoms with Gasteiger partial charge in [0, 0.05) is 30.8 Å². The molecule has 1 aliphatic rings. The quantitative estimate of drug-likeness (QED) is 0.276. The van der Waals surface area contributed by atoms with Crippen LogP contribution >= 0.6 is 0 Å². The first-order valence-corrected chi connectivity index (χ1v) is 9.72. The summed E-state index contributed by atoms with van der Waals surface area (Å²) in [6, 6.07) is 13.4. The van der Waals surface area contributed by atoms with Crippen molar-refractivity contribution in [2.75, 3.05) is 14.2 Å². The summed E-state index contributed by atoms with van der Waals surface area (Å²) in [6.45, 7) is 0.371. The van der Waals surface area contributed by atoms with Gasteiger partial charge in [0.1, 0.15) is 24.1 Å². The number of methoxy groups -OCH3 is 2. The monoisotopic (exact) mass is 427 g/mol. The fourth-order valence-corrected chi connectivity index (χ4v) is 3.43. The Bertz CT molecular complexity index is 934. The van der Waals surface area contributed by atoms with Gasteiger partial charge in [-0.15, -0.1) is 5.16 Å². The number of carbonyl (C=O) groups excluding carboxylic acids is 2. The summed E-state index contributed by atoms with van der Waals surface area (Å²) >= 11 is 0. The van der Waals surface area contributed by atoms with E-state index in [-0.39, 0.29) is 31.5 Å². The largest absolute Gasteiger partial charge is 0.497 e. The van der Waals surface area contributed by atoms with Crippen molar-refractivity contribution in [1.29, 1.82) is 0 Å². The van der Waals surface area contributed by atoms with Crippen molar-refractivity contribution in [1.82, 2.24) is 10.2 Å². The molecular weight excluding hydrogens is 402 g/mol. The molecule has 31 heavy (non-hydrogen) atoms. The van der Waals surface area contributed by atoms with Gasteiger partial charge in [0.15, 0.2) is 0 Å². The molecule has 0 bridgehead atoms. The van der Waals surface area contributed by atoms with Crippen LogP contribution in [0.1, 0.15) is 17.5 Å². The SMILES string of the molecule is COc1ccc(CN2C(=O)[C@@H](NC(=O)OCc3ccccc3)[C@H]2C/C=N\O)c(OC)c1. The first-order chi connectivity index (χ1) is 15.1. The maximum Gasteiger partial charge on any atom is 0.408 e. The molecule has 2 atom stereocenters. The highest BCUT2D eigenvalue weighted by Gasteiger charge is 2.47. The number of likely N-dealkylation sites (tertiary alicyclic amines) is 1. The van der Waals surface area contributed by atoms with Gasteiger partial charge in [-0.2, -0.15) is 0 Å². The van der Waals surface area contributed by atoms with E-state index in [0.29, 0.717) is 11.5 Å². The fraction of sp³-hybridized carbons (Fsp3) is 0.318. The van der Waals surface area contributed by atoms with Crippen LogP contribution in [0, 0.1) is 0 Å². The van der Waals surface area contributed by atoms with Gasteiger partial charge in [-0.3, -0.25) is 4.79 Å². The average Bonchev–Trinajstić information content (AvgIpc) is 2.81. The van der Waals surface area contributed by atoms with E-state index in [1.54, 1.807) is 31.3 Å². The van der Waals surface area contributed by atoms with Crippen LogP contribution in [0.4, 0.5) is 4.79 Å². The van der Waals surface area contributed by atoms with Crippen molar-refractivity contribution in [3.63, 3.8) is 0 Å². The van der Waals surface area contributed by atoms with Gasteiger partial charge in [-0.05, 0) is 17.7 Å². The summed E-state index contributed by atoms with van der Waals surface area (Å²) in [5.41, 5.74) is 1.63. The number of amides is 2. The highest BCUT2D eigenvalue weighted by Crippen LogP contribution is 2.31. The first kappa shape index (κ1) is 21.9. The third-order valence-electron chi connectivity index (χ3n) is 5.08. The van der Waals surface area contributed by atoms with Crippen LogP contribution in [-0.4, -0.2) is 54.6 Å². The predicted octanol–water partition coefficient (Wildman–Crippen LogP) is 2.56. The molecule has 1 aliphatic heterocycles. The van der Waals surface area contributed by atoms with Crippen molar-refractivity contribution >= 4 is 18.2 Å². The Labute approximate surface area is 180 Å². The zero-order chi connectivity index (χ0) is 22.2. The number of rotatable bonds is 9.